The molecule has 0 aliphatic heterocycles. The molecule has 0 radical (unpaired) electrons. The van der Waals surface area contributed by atoms with Crippen molar-refractivity contribution in [3.63, 3.8) is 0 Å². The van der Waals surface area contributed by atoms with Crippen LogP contribution in [0.2, 0.25) is 0 Å². The molecule has 1 aromatic heterocycles. The standard InChI is InChI=1S/C11H7BrFNO4/c12-7-3-6(9-1-2-14-18-9)10(4-8(7)13)17-5-11(15)16/h1-4H,5H2,(H,15,16). The van der Waals surface area contributed by atoms with Gasteiger partial charge in [-0.15, -0.1) is 0 Å². The van der Waals surface area contributed by atoms with Gasteiger partial charge in [0.05, 0.1) is 16.2 Å². The van der Waals surface area contributed by atoms with Crippen molar-refractivity contribution in [2.24, 2.45) is 0 Å². The molecule has 2 aromatic rings. The fraction of sp³-hybridized carbons (Fsp3) is 0.0909. The average molecular weight is 316 g/mol. The van der Waals surface area contributed by atoms with Crippen LogP contribution in [-0.4, -0.2) is 22.8 Å². The zero-order chi connectivity index (χ0) is 13.1. The van der Waals surface area contributed by atoms with Crippen molar-refractivity contribution in [3.05, 3.63) is 34.7 Å². The molecule has 0 saturated carbocycles. The summed E-state index contributed by atoms with van der Waals surface area (Å²) in [6.45, 7) is -0.567. The molecule has 0 bridgehead atoms. The van der Waals surface area contributed by atoms with E-state index >= 15 is 0 Å². The van der Waals surface area contributed by atoms with Gasteiger partial charge in [0.15, 0.2) is 12.4 Å². The van der Waals surface area contributed by atoms with E-state index in [1.807, 2.05) is 0 Å². The minimum absolute atomic E-state index is 0.0786. The van der Waals surface area contributed by atoms with Crippen molar-refractivity contribution in [3.8, 4) is 17.1 Å². The number of nitrogens with zero attached hydrogens (tertiary/aromatic N) is 1. The number of carboxylic acid groups (broad SMARTS) is 1. The van der Waals surface area contributed by atoms with Gasteiger partial charge in [-0.3, -0.25) is 0 Å². The summed E-state index contributed by atoms with van der Waals surface area (Å²) in [7, 11) is 0. The second-order valence-electron chi connectivity index (χ2n) is 3.32. The van der Waals surface area contributed by atoms with Crippen molar-refractivity contribution in [1.29, 1.82) is 0 Å². The van der Waals surface area contributed by atoms with Crippen molar-refractivity contribution in [2.75, 3.05) is 6.61 Å². The number of hydrogen-bond donors (Lipinski definition) is 1. The van der Waals surface area contributed by atoms with E-state index < -0.39 is 18.4 Å². The highest BCUT2D eigenvalue weighted by atomic mass is 79.9. The Morgan fingerprint density at radius 3 is 2.94 bits per heavy atom. The van der Waals surface area contributed by atoms with Gasteiger partial charge >= 0.3 is 5.97 Å². The second kappa shape index (κ2) is 5.18. The largest absolute Gasteiger partial charge is 0.481 e. The smallest absolute Gasteiger partial charge is 0.341 e. The third-order valence-electron chi connectivity index (χ3n) is 2.08. The zero-order valence-corrected chi connectivity index (χ0v) is 10.5. The molecule has 1 N–H and O–H groups in total. The van der Waals surface area contributed by atoms with Crippen molar-refractivity contribution in [1.82, 2.24) is 5.16 Å². The van der Waals surface area contributed by atoms with Crippen LogP contribution in [0, 0.1) is 5.82 Å². The first kappa shape index (κ1) is 12.6. The van der Waals surface area contributed by atoms with Crippen LogP contribution in [0.4, 0.5) is 4.39 Å². The lowest BCUT2D eigenvalue weighted by atomic mass is 10.1. The maximum absolute atomic E-state index is 13.4. The van der Waals surface area contributed by atoms with Gasteiger partial charge in [0.2, 0.25) is 0 Å². The molecule has 2 rings (SSSR count). The molecule has 94 valence electrons. The summed E-state index contributed by atoms with van der Waals surface area (Å²) in [6.07, 6.45) is 1.42. The third kappa shape index (κ3) is 2.67. The molecule has 0 amide bonds. The Morgan fingerprint density at radius 1 is 1.56 bits per heavy atom. The highest BCUT2D eigenvalue weighted by Gasteiger charge is 2.15. The summed E-state index contributed by atoms with van der Waals surface area (Å²) in [5.41, 5.74) is 0.419. The first-order chi connectivity index (χ1) is 8.58. The van der Waals surface area contributed by atoms with Crippen LogP contribution in [0.3, 0.4) is 0 Å². The van der Waals surface area contributed by atoms with Crippen LogP contribution in [0.15, 0.2) is 33.4 Å². The Kier molecular flexibility index (Phi) is 3.61. The van der Waals surface area contributed by atoms with E-state index in [0.29, 0.717) is 11.3 Å². The van der Waals surface area contributed by atoms with Crippen LogP contribution in [0.25, 0.3) is 11.3 Å². The number of aromatic nitrogens is 1. The molecule has 18 heavy (non-hydrogen) atoms. The Bertz CT molecular complexity index is 571. The molecule has 0 aliphatic carbocycles. The van der Waals surface area contributed by atoms with Gasteiger partial charge in [0.25, 0.3) is 0 Å². The van der Waals surface area contributed by atoms with Crippen molar-refractivity contribution < 1.29 is 23.6 Å². The fourth-order valence-corrected chi connectivity index (χ4v) is 1.68. The third-order valence-corrected chi connectivity index (χ3v) is 2.68. The normalized spacial score (nSPS) is 10.3. The summed E-state index contributed by atoms with van der Waals surface area (Å²) in [4.78, 5) is 10.5. The molecule has 0 saturated heterocycles. The topological polar surface area (TPSA) is 72.6 Å². The minimum Gasteiger partial charge on any atom is -0.481 e. The van der Waals surface area contributed by atoms with Gasteiger partial charge in [-0.25, -0.2) is 9.18 Å². The molecule has 0 spiro atoms. The van der Waals surface area contributed by atoms with E-state index in [1.165, 1.54) is 12.3 Å². The number of carboxylic acids is 1. The van der Waals surface area contributed by atoms with Gasteiger partial charge in [0, 0.05) is 12.1 Å². The molecule has 0 fully saturated rings. The fourth-order valence-electron chi connectivity index (χ4n) is 1.33. The number of benzene rings is 1. The van der Waals surface area contributed by atoms with E-state index in [0.717, 1.165) is 6.07 Å². The summed E-state index contributed by atoms with van der Waals surface area (Å²) in [5.74, 6) is -1.27. The van der Waals surface area contributed by atoms with Crippen LogP contribution in [0.5, 0.6) is 5.75 Å². The molecular weight excluding hydrogens is 309 g/mol. The molecule has 1 heterocycles. The Balaban J connectivity index is 2.42. The van der Waals surface area contributed by atoms with Gasteiger partial charge < -0.3 is 14.4 Å². The Labute approximate surface area is 109 Å². The predicted octanol–water partition coefficient (Wildman–Crippen LogP) is 2.71. The summed E-state index contributed by atoms with van der Waals surface area (Å²) >= 11 is 3.04. The lowest BCUT2D eigenvalue weighted by molar-refractivity contribution is -0.139. The molecule has 0 aliphatic rings. The first-order valence-corrected chi connectivity index (χ1v) is 5.62. The summed E-state index contributed by atoms with van der Waals surface area (Å²) in [6, 6.07) is 4.09. The Morgan fingerprint density at radius 2 is 2.33 bits per heavy atom. The quantitative estimate of drug-likeness (QED) is 0.939. The number of aliphatic carboxylic acids is 1. The first-order valence-electron chi connectivity index (χ1n) is 4.82. The molecule has 1 aromatic carbocycles. The van der Waals surface area contributed by atoms with Crippen molar-refractivity contribution in [2.45, 2.75) is 0 Å². The number of rotatable bonds is 4. The zero-order valence-electron chi connectivity index (χ0n) is 8.89. The van der Waals surface area contributed by atoms with Crippen LogP contribution >= 0.6 is 15.9 Å². The molecule has 0 unspecified atom stereocenters. The minimum atomic E-state index is -1.15. The Hall–Kier alpha value is -1.89. The second-order valence-corrected chi connectivity index (χ2v) is 4.18. The van der Waals surface area contributed by atoms with Crippen LogP contribution < -0.4 is 4.74 Å². The van der Waals surface area contributed by atoms with E-state index in [-0.39, 0.29) is 10.2 Å². The number of hydrogen-bond acceptors (Lipinski definition) is 4. The molecular formula is C11H7BrFNO4. The van der Waals surface area contributed by atoms with Crippen LogP contribution in [0.1, 0.15) is 0 Å². The van der Waals surface area contributed by atoms with Crippen molar-refractivity contribution >= 4 is 21.9 Å². The highest BCUT2D eigenvalue weighted by Crippen LogP contribution is 2.34. The maximum atomic E-state index is 13.4. The van der Waals surface area contributed by atoms with Gasteiger partial charge in [0.1, 0.15) is 11.6 Å². The number of ether oxygens (including phenoxy) is 1. The lowest BCUT2D eigenvalue weighted by Crippen LogP contribution is -2.10. The van der Waals surface area contributed by atoms with Gasteiger partial charge in [-0.05, 0) is 22.0 Å². The van der Waals surface area contributed by atoms with Gasteiger partial charge in [-0.2, -0.15) is 0 Å². The molecule has 0 atom stereocenters. The maximum Gasteiger partial charge on any atom is 0.341 e. The number of carbonyl (C=O) groups is 1. The van der Waals surface area contributed by atoms with E-state index in [9.17, 15) is 9.18 Å². The SMILES string of the molecule is O=C(O)COc1cc(F)c(Br)cc1-c1ccno1. The average Bonchev–Trinajstić information content (AvgIpc) is 2.83. The summed E-state index contributed by atoms with van der Waals surface area (Å²) < 4.78 is 23.6. The van der Waals surface area contributed by atoms with Crippen LogP contribution in [-0.2, 0) is 4.79 Å². The van der Waals surface area contributed by atoms with E-state index in [1.54, 1.807) is 6.07 Å². The van der Waals surface area contributed by atoms with E-state index in [2.05, 4.69) is 21.1 Å². The molecule has 5 nitrogen and oxygen atoms in total. The monoisotopic (exact) mass is 315 g/mol. The van der Waals surface area contributed by atoms with Gasteiger partial charge in [-0.1, -0.05) is 5.16 Å². The van der Waals surface area contributed by atoms with E-state index in [4.69, 9.17) is 14.4 Å². The lowest BCUT2D eigenvalue weighted by Gasteiger charge is -2.09. The predicted molar refractivity (Wildman–Crippen MR) is 62.7 cm³/mol. The summed E-state index contributed by atoms with van der Waals surface area (Å²) in [5, 5.41) is 12.1. The molecule has 7 heteroatoms. The highest BCUT2D eigenvalue weighted by molar-refractivity contribution is 9.10. The number of halogens is 2.